The van der Waals surface area contributed by atoms with Crippen molar-refractivity contribution in [1.82, 2.24) is 5.32 Å². The molecule has 0 fully saturated rings. The Morgan fingerprint density at radius 3 is 2.89 bits per heavy atom. The molecule has 1 aliphatic rings. The maximum absolute atomic E-state index is 11.8. The van der Waals surface area contributed by atoms with Crippen LogP contribution in [0.25, 0.3) is 0 Å². The molecule has 0 aliphatic carbocycles. The Hall–Kier alpha value is -2.14. The summed E-state index contributed by atoms with van der Waals surface area (Å²) in [6.45, 7) is 5.11. The van der Waals surface area contributed by atoms with Crippen LogP contribution in [0.15, 0.2) is 41.5 Å². The van der Waals surface area contributed by atoms with Crippen molar-refractivity contribution in [3.05, 3.63) is 41.4 Å². The minimum absolute atomic E-state index is 0.0472. The Kier molecular flexibility index (Phi) is 3.66. The number of rotatable bonds is 2. The third-order valence-corrected chi connectivity index (χ3v) is 2.71. The van der Waals surface area contributed by atoms with Gasteiger partial charge in [0.1, 0.15) is 5.84 Å². The van der Waals surface area contributed by atoms with E-state index in [1.165, 1.54) is 5.01 Å². The molecule has 0 radical (unpaired) electrons. The number of carbonyl (C=O) groups excluding carboxylic acids is 2. The number of benzene rings is 1. The third-order valence-electron chi connectivity index (χ3n) is 2.47. The second-order valence-corrected chi connectivity index (χ2v) is 4.58. The number of nitrogens with zero attached hydrogens (tertiary/aromatic N) is 2. The zero-order valence-electron chi connectivity index (χ0n) is 10.3. The summed E-state index contributed by atoms with van der Waals surface area (Å²) in [6.07, 6.45) is 0.0472. The van der Waals surface area contributed by atoms with Crippen LogP contribution in [0.1, 0.15) is 13.3 Å². The Morgan fingerprint density at radius 1 is 1.53 bits per heavy atom. The molecule has 5 nitrogen and oxygen atoms in total. The van der Waals surface area contributed by atoms with Gasteiger partial charge in [0.15, 0.2) is 0 Å². The average molecular weight is 278 g/mol. The van der Waals surface area contributed by atoms with Crippen LogP contribution < -0.4 is 10.3 Å². The molecule has 1 aromatic rings. The average Bonchev–Trinajstić information content (AvgIpc) is 2.70. The molecule has 0 saturated carbocycles. The van der Waals surface area contributed by atoms with Gasteiger partial charge in [0, 0.05) is 10.6 Å². The molecule has 0 unspecified atom stereocenters. The van der Waals surface area contributed by atoms with Gasteiger partial charge >= 0.3 is 0 Å². The number of halogens is 1. The second-order valence-electron chi connectivity index (χ2n) is 4.14. The van der Waals surface area contributed by atoms with E-state index in [0.717, 1.165) is 0 Å². The lowest BCUT2D eigenvalue weighted by atomic mass is 10.3. The Labute approximate surface area is 115 Å². The number of amidine groups is 1. The normalized spacial score (nSPS) is 14.3. The fraction of sp³-hybridized carbons (Fsp3) is 0.154. The molecule has 1 aliphatic heterocycles. The van der Waals surface area contributed by atoms with Gasteiger partial charge in [-0.1, -0.05) is 24.2 Å². The number of nitrogens with one attached hydrogen (secondary N) is 1. The summed E-state index contributed by atoms with van der Waals surface area (Å²) in [5.74, 6) is -0.267. The van der Waals surface area contributed by atoms with Crippen molar-refractivity contribution in [3.8, 4) is 0 Å². The molecule has 98 valence electrons. The summed E-state index contributed by atoms with van der Waals surface area (Å²) in [4.78, 5) is 23.3. The number of hydrogen-bond acceptors (Lipinski definition) is 3. The van der Waals surface area contributed by atoms with Crippen LogP contribution in [-0.2, 0) is 9.59 Å². The lowest BCUT2D eigenvalue weighted by Gasteiger charge is -2.11. The van der Waals surface area contributed by atoms with Gasteiger partial charge < -0.3 is 5.32 Å². The molecule has 0 bridgehead atoms. The standard InChI is InChI=1S/C13H12ClN3O2/c1-8(2)13(19)15-11-7-12(18)17(16-11)10-5-3-4-9(14)6-10/h3-6H,1,7H2,2H3,(H,15,16,19). The summed E-state index contributed by atoms with van der Waals surface area (Å²) in [5.41, 5.74) is 0.924. The number of hydrogen-bond donors (Lipinski definition) is 1. The van der Waals surface area contributed by atoms with E-state index in [9.17, 15) is 9.59 Å². The molecular formula is C13H12ClN3O2. The number of carbonyl (C=O) groups is 2. The molecule has 0 atom stereocenters. The van der Waals surface area contributed by atoms with Crippen LogP contribution in [-0.4, -0.2) is 17.6 Å². The van der Waals surface area contributed by atoms with Crippen LogP contribution in [0, 0.1) is 0 Å². The third kappa shape index (κ3) is 3.00. The molecule has 1 N–H and O–H groups in total. The molecule has 2 amide bonds. The lowest BCUT2D eigenvalue weighted by molar-refractivity contribution is -0.116. The van der Waals surface area contributed by atoms with Crippen LogP contribution >= 0.6 is 11.6 Å². The highest BCUT2D eigenvalue weighted by molar-refractivity contribution is 6.31. The van der Waals surface area contributed by atoms with Crippen molar-refractivity contribution in [2.45, 2.75) is 13.3 Å². The summed E-state index contributed by atoms with van der Waals surface area (Å²) in [7, 11) is 0. The van der Waals surface area contributed by atoms with E-state index < -0.39 is 0 Å². The highest BCUT2D eigenvalue weighted by Gasteiger charge is 2.26. The van der Waals surface area contributed by atoms with E-state index in [2.05, 4.69) is 17.0 Å². The molecule has 1 heterocycles. The van der Waals surface area contributed by atoms with Gasteiger partial charge in [-0.2, -0.15) is 10.1 Å². The summed E-state index contributed by atoms with van der Waals surface area (Å²) >= 11 is 5.87. The summed E-state index contributed by atoms with van der Waals surface area (Å²) in [5, 5.41) is 8.35. The van der Waals surface area contributed by atoms with Gasteiger partial charge in [0.25, 0.3) is 11.8 Å². The topological polar surface area (TPSA) is 61.8 Å². The monoisotopic (exact) mass is 277 g/mol. The zero-order chi connectivity index (χ0) is 14.0. The lowest BCUT2D eigenvalue weighted by Crippen LogP contribution is -2.29. The van der Waals surface area contributed by atoms with E-state index in [4.69, 9.17) is 11.6 Å². The first-order valence-electron chi connectivity index (χ1n) is 5.60. The van der Waals surface area contributed by atoms with E-state index >= 15 is 0 Å². The Bertz CT molecular complexity index is 595. The highest BCUT2D eigenvalue weighted by atomic mass is 35.5. The number of amides is 2. The van der Waals surface area contributed by atoms with E-state index in [0.29, 0.717) is 22.1 Å². The highest BCUT2D eigenvalue weighted by Crippen LogP contribution is 2.23. The van der Waals surface area contributed by atoms with Gasteiger partial charge in [0.2, 0.25) is 0 Å². The largest absolute Gasteiger partial charge is 0.308 e. The molecule has 6 heteroatoms. The van der Waals surface area contributed by atoms with Crippen molar-refractivity contribution in [2.75, 3.05) is 5.01 Å². The summed E-state index contributed by atoms with van der Waals surface area (Å²) in [6, 6.07) is 6.78. The van der Waals surface area contributed by atoms with Gasteiger partial charge in [-0.25, -0.2) is 0 Å². The maximum Gasteiger partial charge on any atom is 0.255 e. The van der Waals surface area contributed by atoms with Crippen molar-refractivity contribution in [2.24, 2.45) is 5.10 Å². The predicted molar refractivity (Wildman–Crippen MR) is 73.9 cm³/mol. The fourth-order valence-corrected chi connectivity index (χ4v) is 1.73. The minimum atomic E-state index is -0.348. The van der Waals surface area contributed by atoms with Crippen molar-refractivity contribution in [1.29, 1.82) is 0 Å². The van der Waals surface area contributed by atoms with Crippen molar-refractivity contribution < 1.29 is 9.59 Å². The maximum atomic E-state index is 11.8. The van der Waals surface area contributed by atoms with Crippen LogP contribution in [0.5, 0.6) is 0 Å². The minimum Gasteiger partial charge on any atom is -0.308 e. The first-order chi connectivity index (χ1) is 8.97. The van der Waals surface area contributed by atoms with E-state index in [1.54, 1.807) is 31.2 Å². The molecule has 0 aromatic heterocycles. The Balaban J connectivity index is 2.19. The van der Waals surface area contributed by atoms with Crippen LogP contribution in [0.4, 0.5) is 5.69 Å². The smallest absolute Gasteiger partial charge is 0.255 e. The molecule has 1 aromatic carbocycles. The first-order valence-corrected chi connectivity index (χ1v) is 5.98. The Morgan fingerprint density at radius 2 is 2.26 bits per heavy atom. The van der Waals surface area contributed by atoms with Crippen molar-refractivity contribution in [3.63, 3.8) is 0 Å². The first kappa shape index (κ1) is 13.3. The quantitative estimate of drug-likeness (QED) is 0.842. The van der Waals surface area contributed by atoms with Crippen LogP contribution in [0.2, 0.25) is 5.02 Å². The molecule has 2 rings (SSSR count). The SMILES string of the molecule is C=C(C)C(=O)NC1=NN(c2cccc(Cl)c2)C(=O)C1. The fourth-order valence-electron chi connectivity index (χ4n) is 1.55. The summed E-state index contributed by atoms with van der Waals surface area (Å²) < 4.78 is 0. The second kappa shape index (κ2) is 5.24. The molecule has 19 heavy (non-hydrogen) atoms. The van der Waals surface area contributed by atoms with Gasteiger partial charge in [-0.3, -0.25) is 9.59 Å². The molecular weight excluding hydrogens is 266 g/mol. The molecule has 0 spiro atoms. The zero-order valence-corrected chi connectivity index (χ0v) is 11.1. The van der Waals surface area contributed by atoms with Gasteiger partial charge in [0.05, 0.1) is 12.1 Å². The number of hydrazone groups is 1. The van der Waals surface area contributed by atoms with Crippen molar-refractivity contribution >= 4 is 34.9 Å². The van der Waals surface area contributed by atoms with Gasteiger partial charge in [-0.15, -0.1) is 0 Å². The predicted octanol–water partition coefficient (Wildman–Crippen LogP) is 2.08. The van der Waals surface area contributed by atoms with E-state index in [-0.39, 0.29) is 18.2 Å². The van der Waals surface area contributed by atoms with Gasteiger partial charge in [-0.05, 0) is 25.1 Å². The van der Waals surface area contributed by atoms with E-state index in [1.807, 2.05) is 0 Å². The molecule has 0 saturated heterocycles. The number of anilines is 1. The van der Waals surface area contributed by atoms with Crippen LogP contribution in [0.3, 0.4) is 0 Å².